The van der Waals surface area contributed by atoms with E-state index in [0.717, 1.165) is 0 Å². The number of anilines is 1. The third-order valence-corrected chi connectivity index (χ3v) is 4.45. The number of nitrogens with one attached hydrogen (secondary N) is 1. The van der Waals surface area contributed by atoms with Crippen LogP contribution >= 0.6 is 0 Å². The maximum atomic E-state index is 12.5. The molecule has 1 N–H and O–H groups in total. The topological polar surface area (TPSA) is 56.1 Å². The van der Waals surface area contributed by atoms with Gasteiger partial charge in [-0.25, -0.2) is 0 Å². The molecule has 0 saturated carbocycles. The third kappa shape index (κ3) is 3.53. The first-order valence-electron chi connectivity index (χ1n) is 8.69. The highest BCUT2D eigenvalue weighted by Crippen LogP contribution is 2.21. The fourth-order valence-corrected chi connectivity index (χ4v) is 3.14. The Balaban J connectivity index is 1.53. The number of benzene rings is 3. The molecule has 3 aromatic carbocycles. The van der Waals surface area contributed by atoms with Crippen LogP contribution in [0.1, 0.15) is 15.9 Å². The second kappa shape index (κ2) is 7.33. The predicted molar refractivity (Wildman–Crippen MR) is 106 cm³/mol. The highest BCUT2D eigenvalue weighted by Gasteiger charge is 2.13. The van der Waals surface area contributed by atoms with Crippen molar-refractivity contribution in [2.24, 2.45) is 0 Å². The van der Waals surface area contributed by atoms with E-state index in [1.807, 2.05) is 35.1 Å². The van der Waals surface area contributed by atoms with Gasteiger partial charge in [-0.15, -0.1) is 0 Å². The molecule has 134 valence electrons. The zero-order valence-corrected chi connectivity index (χ0v) is 14.9. The number of ether oxygens (including phenoxy) is 1. The monoisotopic (exact) mass is 357 g/mol. The standard InChI is InChI=1S/C22H19N3O2/c1-27-20-12-5-4-11-19(20)22(26)23-21-13-14-25(24-21)15-17-9-6-8-16-7-2-3-10-18(16)17/h2-14H,15H2,1H3,(H,23,24,26). The summed E-state index contributed by atoms with van der Waals surface area (Å²) in [5, 5.41) is 9.71. The van der Waals surface area contributed by atoms with Gasteiger partial charge in [0.05, 0.1) is 19.2 Å². The minimum Gasteiger partial charge on any atom is -0.496 e. The molecule has 0 saturated heterocycles. The van der Waals surface area contributed by atoms with Crippen molar-refractivity contribution in [3.8, 4) is 5.75 Å². The second-order valence-corrected chi connectivity index (χ2v) is 6.19. The predicted octanol–water partition coefficient (Wildman–Crippen LogP) is 4.35. The average molecular weight is 357 g/mol. The van der Waals surface area contributed by atoms with Crippen molar-refractivity contribution in [2.45, 2.75) is 6.54 Å². The minimum absolute atomic E-state index is 0.247. The van der Waals surface area contributed by atoms with E-state index in [9.17, 15) is 4.79 Å². The molecule has 0 spiro atoms. The summed E-state index contributed by atoms with van der Waals surface area (Å²) in [5.74, 6) is 0.791. The number of amides is 1. The van der Waals surface area contributed by atoms with Crippen molar-refractivity contribution in [3.63, 3.8) is 0 Å². The lowest BCUT2D eigenvalue weighted by molar-refractivity contribution is 0.102. The van der Waals surface area contributed by atoms with E-state index in [1.165, 1.54) is 16.3 Å². The Morgan fingerprint density at radius 1 is 1.00 bits per heavy atom. The zero-order valence-electron chi connectivity index (χ0n) is 14.9. The molecule has 0 fully saturated rings. The van der Waals surface area contributed by atoms with Crippen LogP contribution in [0.2, 0.25) is 0 Å². The van der Waals surface area contributed by atoms with Crippen molar-refractivity contribution in [3.05, 3.63) is 90.1 Å². The molecule has 5 heteroatoms. The smallest absolute Gasteiger partial charge is 0.260 e. The summed E-state index contributed by atoms with van der Waals surface area (Å²) in [5.41, 5.74) is 1.66. The van der Waals surface area contributed by atoms with Gasteiger partial charge in [-0.3, -0.25) is 9.48 Å². The largest absolute Gasteiger partial charge is 0.496 e. The fraction of sp³-hybridized carbons (Fsp3) is 0.0909. The summed E-state index contributed by atoms with van der Waals surface area (Å²) >= 11 is 0. The lowest BCUT2D eigenvalue weighted by Crippen LogP contribution is -2.14. The van der Waals surface area contributed by atoms with Crippen LogP contribution in [0.4, 0.5) is 5.82 Å². The number of fused-ring (bicyclic) bond motifs is 1. The molecule has 0 aliphatic heterocycles. The Bertz CT molecular complexity index is 1100. The second-order valence-electron chi connectivity index (χ2n) is 6.19. The molecule has 4 rings (SSSR count). The number of aromatic nitrogens is 2. The molecule has 0 aliphatic rings. The number of methoxy groups -OCH3 is 1. The number of carbonyl (C=O) groups is 1. The number of carbonyl (C=O) groups excluding carboxylic acids is 1. The average Bonchev–Trinajstić information content (AvgIpc) is 3.15. The van der Waals surface area contributed by atoms with Gasteiger partial charge in [0.2, 0.25) is 0 Å². The summed E-state index contributed by atoms with van der Waals surface area (Å²) in [4.78, 5) is 12.5. The van der Waals surface area contributed by atoms with Gasteiger partial charge in [-0.2, -0.15) is 5.10 Å². The molecule has 0 radical (unpaired) electrons. The molecule has 1 aromatic heterocycles. The van der Waals surface area contributed by atoms with E-state index in [4.69, 9.17) is 4.74 Å². The van der Waals surface area contributed by atoms with Crippen molar-refractivity contribution in [2.75, 3.05) is 12.4 Å². The van der Waals surface area contributed by atoms with Gasteiger partial charge in [0.1, 0.15) is 5.75 Å². The van der Waals surface area contributed by atoms with Crippen molar-refractivity contribution < 1.29 is 9.53 Å². The molecule has 5 nitrogen and oxygen atoms in total. The zero-order chi connectivity index (χ0) is 18.6. The quantitative estimate of drug-likeness (QED) is 0.578. The first-order valence-corrected chi connectivity index (χ1v) is 8.69. The van der Waals surface area contributed by atoms with Crippen LogP contribution < -0.4 is 10.1 Å². The van der Waals surface area contributed by atoms with Crippen LogP contribution in [-0.4, -0.2) is 22.8 Å². The lowest BCUT2D eigenvalue weighted by Gasteiger charge is -2.08. The molecular weight excluding hydrogens is 338 g/mol. The number of hydrogen-bond donors (Lipinski definition) is 1. The van der Waals surface area contributed by atoms with Gasteiger partial charge >= 0.3 is 0 Å². The summed E-state index contributed by atoms with van der Waals surface area (Å²) in [6, 6.07) is 23.4. The Kier molecular flexibility index (Phi) is 4.58. The van der Waals surface area contributed by atoms with Crippen LogP contribution in [0.15, 0.2) is 79.0 Å². The summed E-state index contributed by atoms with van der Waals surface area (Å²) in [6.45, 7) is 0.631. The summed E-state index contributed by atoms with van der Waals surface area (Å²) in [6.07, 6.45) is 1.86. The van der Waals surface area contributed by atoms with E-state index in [0.29, 0.717) is 23.7 Å². The summed E-state index contributed by atoms with van der Waals surface area (Å²) in [7, 11) is 1.55. The highest BCUT2D eigenvalue weighted by atomic mass is 16.5. The van der Waals surface area contributed by atoms with E-state index in [1.54, 1.807) is 31.4 Å². The number of nitrogens with zero attached hydrogens (tertiary/aromatic N) is 2. The molecule has 0 aliphatic carbocycles. The molecule has 4 aromatic rings. The number of hydrogen-bond acceptors (Lipinski definition) is 3. The molecule has 1 heterocycles. The Morgan fingerprint density at radius 2 is 1.78 bits per heavy atom. The molecule has 0 unspecified atom stereocenters. The fourth-order valence-electron chi connectivity index (χ4n) is 3.14. The van der Waals surface area contributed by atoms with Crippen LogP contribution in [-0.2, 0) is 6.54 Å². The maximum absolute atomic E-state index is 12.5. The van der Waals surface area contributed by atoms with E-state index < -0.39 is 0 Å². The van der Waals surface area contributed by atoms with Gasteiger partial charge in [0.15, 0.2) is 5.82 Å². The first kappa shape index (κ1) is 16.8. The van der Waals surface area contributed by atoms with Crippen molar-refractivity contribution in [1.29, 1.82) is 0 Å². The van der Waals surface area contributed by atoms with Gasteiger partial charge in [-0.05, 0) is 28.5 Å². The molecule has 0 atom stereocenters. The maximum Gasteiger partial charge on any atom is 0.260 e. The molecule has 0 bridgehead atoms. The Labute approximate surface area is 157 Å². The van der Waals surface area contributed by atoms with E-state index in [-0.39, 0.29) is 5.91 Å². The van der Waals surface area contributed by atoms with Gasteiger partial charge in [0.25, 0.3) is 5.91 Å². The summed E-state index contributed by atoms with van der Waals surface area (Å²) < 4.78 is 7.06. The van der Waals surface area contributed by atoms with Crippen LogP contribution in [0.5, 0.6) is 5.75 Å². The van der Waals surface area contributed by atoms with Crippen LogP contribution in [0.25, 0.3) is 10.8 Å². The third-order valence-electron chi connectivity index (χ3n) is 4.45. The highest BCUT2D eigenvalue weighted by molar-refractivity contribution is 6.05. The Hall–Kier alpha value is -3.60. The SMILES string of the molecule is COc1ccccc1C(=O)Nc1ccn(Cc2cccc3ccccc23)n1. The van der Waals surface area contributed by atoms with E-state index >= 15 is 0 Å². The van der Waals surface area contributed by atoms with Crippen LogP contribution in [0.3, 0.4) is 0 Å². The van der Waals surface area contributed by atoms with Gasteiger partial charge in [0, 0.05) is 12.3 Å². The Morgan fingerprint density at radius 3 is 2.67 bits per heavy atom. The van der Waals surface area contributed by atoms with Crippen molar-refractivity contribution >= 4 is 22.5 Å². The molecule has 1 amide bonds. The lowest BCUT2D eigenvalue weighted by atomic mass is 10.0. The van der Waals surface area contributed by atoms with Crippen LogP contribution in [0, 0.1) is 0 Å². The first-order chi connectivity index (χ1) is 13.2. The normalized spacial score (nSPS) is 10.7. The van der Waals surface area contributed by atoms with Gasteiger partial charge in [-0.1, -0.05) is 54.6 Å². The minimum atomic E-state index is -0.247. The molecular formula is C22H19N3O2. The number of para-hydroxylation sites is 1. The van der Waals surface area contributed by atoms with Gasteiger partial charge < -0.3 is 10.1 Å². The molecule has 27 heavy (non-hydrogen) atoms. The van der Waals surface area contributed by atoms with Crippen molar-refractivity contribution in [1.82, 2.24) is 9.78 Å². The van der Waals surface area contributed by atoms with E-state index in [2.05, 4.69) is 34.7 Å². The number of rotatable bonds is 5.